The van der Waals surface area contributed by atoms with E-state index in [0.29, 0.717) is 0 Å². The normalized spacial score (nSPS) is 11.8. The summed E-state index contributed by atoms with van der Waals surface area (Å²) in [4.78, 5) is 10.4. The van der Waals surface area contributed by atoms with Gasteiger partial charge in [0.15, 0.2) is 0 Å². The molecule has 24 heavy (non-hydrogen) atoms. The Morgan fingerprint density at radius 1 is 0.708 bits per heavy atom. The molecule has 0 aliphatic carbocycles. The Bertz CT molecular complexity index is 313. The minimum Gasteiger partial charge on any atom is -0.543 e. The number of carboxylic acids is 1. The third-order valence-electron chi connectivity index (χ3n) is 4.66. The van der Waals surface area contributed by atoms with Crippen LogP contribution < -0.4 is 10.8 Å². The Morgan fingerprint density at radius 3 is 1.38 bits per heavy atom. The van der Waals surface area contributed by atoms with E-state index in [4.69, 9.17) is 5.73 Å². The topological polar surface area (TPSA) is 66.2 Å². The van der Waals surface area contributed by atoms with Crippen LogP contribution in [0, 0.1) is 0 Å². The van der Waals surface area contributed by atoms with Crippen LogP contribution in [-0.2, 0) is 4.79 Å². The van der Waals surface area contributed by atoms with E-state index in [1.54, 1.807) is 6.08 Å². The van der Waals surface area contributed by atoms with Crippen molar-refractivity contribution in [3.05, 3.63) is 11.8 Å². The zero-order valence-electron chi connectivity index (χ0n) is 16.0. The number of carbonyl (C=O) groups is 1. The van der Waals surface area contributed by atoms with Gasteiger partial charge in [-0.15, -0.1) is 0 Å². The minimum atomic E-state index is -1.26. The van der Waals surface area contributed by atoms with E-state index in [-0.39, 0.29) is 5.70 Å². The molecule has 3 nitrogen and oxygen atoms in total. The summed E-state index contributed by atoms with van der Waals surface area (Å²) in [5.74, 6) is -1.26. The molecule has 0 fully saturated rings. The fourth-order valence-electron chi connectivity index (χ4n) is 3.03. The summed E-state index contributed by atoms with van der Waals surface area (Å²) in [5, 5.41) is 10.4. The van der Waals surface area contributed by atoms with Crippen LogP contribution in [0.2, 0.25) is 0 Å². The molecule has 0 radical (unpaired) electrons. The van der Waals surface area contributed by atoms with Crippen molar-refractivity contribution in [1.82, 2.24) is 0 Å². The van der Waals surface area contributed by atoms with Crippen LogP contribution in [0.3, 0.4) is 0 Å². The number of hydrogen-bond acceptors (Lipinski definition) is 3. The van der Waals surface area contributed by atoms with Crippen molar-refractivity contribution in [2.24, 2.45) is 5.73 Å². The van der Waals surface area contributed by atoms with Crippen LogP contribution in [-0.4, -0.2) is 5.97 Å². The second-order valence-electron chi connectivity index (χ2n) is 7.04. The molecule has 0 heterocycles. The van der Waals surface area contributed by atoms with Gasteiger partial charge in [0.25, 0.3) is 0 Å². The number of carboxylic acid groups (broad SMARTS) is 1. The van der Waals surface area contributed by atoms with Crippen molar-refractivity contribution in [2.75, 3.05) is 0 Å². The van der Waals surface area contributed by atoms with Crippen molar-refractivity contribution in [2.45, 2.75) is 116 Å². The minimum absolute atomic E-state index is 0.129. The molecule has 2 N–H and O–H groups in total. The van der Waals surface area contributed by atoms with Crippen LogP contribution in [0.25, 0.3) is 0 Å². The molecule has 142 valence electrons. The monoisotopic (exact) mass is 338 g/mol. The number of nitrogens with two attached hydrogens (primary N) is 1. The number of aliphatic carboxylic acids is 1. The first-order valence-corrected chi connectivity index (χ1v) is 10.4. The van der Waals surface area contributed by atoms with E-state index in [1.165, 1.54) is 89.9 Å². The smallest absolute Gasteiger partial charge is 0.0869 e. The summed E-state index contributed by atoms with van der Waals surface area (Å²) in [6.45, 7) is 2.27. The van der Waals surface area contributed by atoms with Gasteiger partial charge >= 0.3 is 0 Å². The lowest BCUT2D eigenvalue weighted by molar-refractivity contribution is -0.299. The summed E-state index contributed by atoms with van der Waals surface area (Å²) in [7, 11) is 0. The van der Waals surface area contributed by atoms with Crippen LogP contribution >= 0.6 is 0 Å². The van der Waals surface area contributed by atoms with E-state index in [0.717, 1.165) is 19.3 Å². The molecule has 0 atom stereocenters. The summed E-state index contributed by atoms with van der Waals surface area (Å²) >= 11 is 0. The number of unbranched alkanes of at least 4 members (excludes halogenated alkanes) is 16. The molecule has 0 saturated carbocycles. The molecule has 0 aromatic rings. The molecule has 0 aliphatic heterocycles. The van der Waals surface area contributed by atoms with Gasteiger partial charge in [-0.1, -0.05) is 109 Å². The molecule has 3 heteroatoms. The maximum atomic E-state index is 10.4. The third-order valence-corrected chi connectivity index (χ3v) is 4.66. The SMILES string of the molecule is CCCCCCCCCCCCCCCCCC/C=C(\N)C(=O)[O-]. The first-order chi connectivity index (χ1) is 11.7. The summed E-state index contributed by atoms with van der Waals surface area (Å²) in [6, 6.07) is 0. The summed E-state index contributed by atoms with van der Waals surface area (Å²) in [5.41, 5.74) is 5.15. The number of carbonyl (C=O) groups excluding carboxylic acids is 1. The first-order valence-electron chi connectivity index (χ1n) is 10.4. The molecule has 0 aromatic heterocycles. The largest absolute Gasteiger partial charge is 0.543 e. The second-order valence-corrected chi connectivity index (χ2v) is 7.04. The average Bonchev–Trinajstić information content (AvgIpc) is 2.57. The quantitative estimate of drug-likeness (QED) is 0.275. The van der Waals surface area contributed by atoms with Crippen molar-refractivity contribution in [3.63, 3.8) is 0 Å². The Labute approximate surface area is 150 Å². The second kappa shape index (κ2) is 18.4. The average molecular weight is 339 g/mol. The third kappa shape index (κ3) is 17.4. The van der Waals surface area contributed by atoms with Gasteiger partial charge in [-0.25, -0.2) is 0 Å². The van der Waals surface area contributed by atoms with Gasteiger partial charge in [-0.3, -0.25) is 0 Å². The first kappa shape index (κ1) is 23.0. The lowest BCUT2D eigenvalue weighted by Gasteiger charge is -2.04. The van der Waals surface area contributed by atoms with E-state index in [1.807, 2.05) is 0 Å². The lowest BCUT2D eigenvalue weighted by atomic mass is 10.0. The van der Waals surface area contributed by atoms with Crippen molar-refractivity contribution < 1.29 is 9.90 Å². The summed E-state index contributed by atoms with van der Waals surface area (Å²) < 4.78 is 0. The number of rotatable bonds is 18. The van der Waals surface area contributed by atoms with Gasteiger partial charge in [0.1, 0.15) is 0 Å². The highest BCUT2D eigenvalue weighted by atomic mass is 16.4. The Hall–Kier alpha value is -0.990. The van der Waals surface area contributed by atoms with Gasteiger partial charge in [0.2, 0.25) is 0 Å². The molecule has 0 aliphatic rings. The summed E-state index contributed by atoms with van der Waals surface area (Å²) in [6.07, 6.45) is 23.9. The molecule has 0 unspecified atom stereocenters. The van der Waals surface area contributed by atoms with Crippen LogP contribution in [0.5, 0.6) is 0 Å². The zero-order valence-corrected chi connectivity index (χ0v) is 16.0. The van der Waals surface area contributed by atoms with Crippen LogP contribution in [0.1, 0.15) is 116 Å². The molecule has 0 bridgehead atoms. The van der Waals surface area contributed by atoms with E-state index >= 15 is 0 Å². The van der Waals surface area contributed by atoms with Crippen molar-refractivity contribution >= 4 is 5.97 Å². The van der Waals surface area contributed by atoms with Gasteiger partial charge in [0.05, 0.1) is 11.7 Å². The molecule has 0 spiro atoms. The van der Waals surface area contributed by atoms with Gasteiger partial charge in [-0.05, 0) is 12.8 Å². The van der Waals surface area contributed by atoms with Crippen molar-refractivity contribution in [1.29, 1.82) is 0 Å². The highest BCUT2D eigenvalue weighted by molar-refractivity contribution is 5.83. The predicted octanol–water partition coefficient (Wildman–Crippen LogP) is 5.23. The Morgan fingerprint density at radius 2 is 1.04 bits per heavy atom. The van der Waals surface area contributed by atoms with E-state index < -0.39 is 5.97 Å². The molecule has 0 amide bonds. The Kier molecular flexibility index (Phi) is 17.6. The zero-order chi connectivity index (χ0) is 17.9. The highest BCUT2D eigenvalue weighted by Crippen LogP contribution is 2.14. The molecular formula is C21H40NO2-. The van der Waals surface area contributed by atoms with Gasteiger partial charge < -0.3 is 15.6 Å². The molecule has 0 rings (SSSR count). The van der Waals surface area contributed by atoms with Crippen LogP contribution in [0.15, 0.2) is 11.8 Å². The standard InChI is InChI=1S/C21H41NO2/c1-2-3-4-5-6-7-8-9-10-11-12-13-14-15-16-17-18-19-20(22)21(23)24/h19H,2-18,22H2,1H3,(H,23,24)/p-1/b20-19-. The van der Waals surface area contributed by atoms with E-state index in [2.05, 4.69) is 6.92 Å². The molecular weight excluding hydrogens is 298 g/mol. The maximum Gasteiger partial charge on any atom is 0.0869 e. The number of hydrogen-bond donors (Lipinski definition) is 1. The molecule has 0 saturated heterocycles. The van der Waals surface area contributed by atoms with E-state index in [9.17, 15) is 9.90 Å². The van der Waals surface area contributed by atoms with Gasteiger partial charge in [-0.2, -0.15) is 0 Å². The lowest BCUT2D eigenvalue weighted by Crippen LogP contribution is -2.28. The fraction of sp³-hybridized carbons (Fsp3) is 0.857. The number of allylic oxidation sites excluding steroid dienone is 1. The fourth-order valence-corrected chi connectivity index (χ4v) is 3.03. The van der Waals surface area contributed by atoms with Crippen LogP contribution in [0.4, 0.5) is 0 Å². The Balaban J connectivity index is 3.10. The highest BCUT2D eigenvalue weighted by Gasteiger charge is 1.95. The maximum absolute atomic E-state index is 10.4. The van der Waals surface area contributed by atoms with Gasteiger partial charge in [0, 0.05) is 0 Å². The predicted molar refractivity (Wildman–Crippen MR) is 101 cm³/mol. The molecule has 0 aromatic carbocycles. The van der Waals surface area contributed by atoms with Crippen molar-refractivity contribution in [3.8, 4) is 0 Å².